The van der Waals surface area contributed by atoms with Gasteiger partial charge in [0.05, 0.1) is 16.0 Å². The molecule has 2 N–H and O–H groups in total. The molecule has 10 heteroatoms. The van der Waals surface area contributed by atoms with Crippen molar-refractivity contribution in [1.82, 2.24) is 0 Å². The Morgan fingerprint density at radius 3 is 2.62 bits per heavy atom. The van der Waals surface area contributed by atoms with Crippen LogP contribution in [0.2, 0.25) is 0 Å². The lowest BCUT2D eigenvalue weighted by molar-refractivity contribution is -0.119. The molecule has 164 valence electrons. The van der Waals surface area contributed by atoms with Crippen molar-refractivity contribution in [2.45, 2.75) is 18.7 Å². The van der Waals surface area contributed by atoms with Crippen molar-refractivity contribution in [2.24, 2.45) is 0 Å². The summed E-state index contributed by atoms with van der Waals surface area (Å²) in [5.41, 5.74) is 2.04. The highest BCUT2D eigenvalue weighted by molar-refractivity contribution is 7.92. The van der Waals surface area contributed by atoms with E-state index in [-0.39, 0.29) is 10.5 Å². The Bertz CT molecular complexity index is 1320. The molecular weight excluding hydrogens is 450 g/mol. The Morgan fingerprint density at radius 2 is 1.91 bits per heavy atom. The lowest BCUT2D eigenvalue weighted by atomic mass is 10.1. The minimum absolute atomic E-state index is 0.0122. The van der Waals surface area contributed by atoms with Gasteiger partial charge in [-0.3, -0.25) is 9.52 Å². The van der Waals surface area contributed by atoms with Crippen molar-refractivity contribution >= 4 is 43.9 Å². The molecule has 8 nitrogen and oxygen atoms in total. The van der Waals surface area contributed by atoms with Gasteiger partial charge < -0.3 is 10.1 Å². The molecule has 0 saturated carbocycles. The number of hydrogen-bond acceptors (Lipinski definition) is 7. The second kappa shape index (κ2) is 9.64. The number of nitriles is 1. The molecule has 3 aromatic rings. The fourth-order valence-electron chi connectivity index (χ4n) is 2.81. The molecular formula is C22H19N3O5S2. The average molecular weight is 470 g/mol. The summed E-state index contributed by atoms with van der Waals surface area (Å²) < 4.78 is 33.2. The van der Waals surface area contributed by atoms with Crippen LogP contribution in [0.25, 0.3) is 0 Å². The molecule has 1 heterocycles. The first-order valence-corrected chi connectivity index (χ1v) is 11.7. The van der Waals surface area contributed by atoms with E-state index < -0.39 is 28.5 Å². The van der Waals surface area contributed by atoms with Crippen LogP contribution in [0.4, 0.5) is 10.7 Å². The largest absolute Gasteiger partial charge is 0.452 e. The quantitative estimate of drug-likeness (QED) is 0.507. The minimum Gasteiger partial charge on any atom is -0.452 e. The van der Waals surface area contributed by atoms with Crippen molar-refractivity contribution in [3.8, 4) is 6.07 Å². The normalized spacial score (nSPS) is 10.8. The fraction of sp³-hybridized carbons (Fsp3) is 0.136. The standard InChI is InChI=1S/C22H19N3O5S2/c1-14-4-3-5-18(10-14)25-32(28,29)19-11-16(7-6-15(19)2)22(27)30-13-20(26)24-21-17(12-23)8-9-31-21/h3-11,25H,13H2,1-2H3,(H,24,26). The third kappa shape index (κ3) is 5.51. The van der Waals surface area contributed by atoms with Crippen molar-refractivity contribution in [3.63, 3.8) is 0 Å². The van der Waals surface area contributed by atoms with E-state index in [9.17, 15) is 18.0 Å². The monoisotopic (exact) mass is 469 g/mol. The third-order valence-corrected chi connectivity index (χ3v) is 6.71. The predicted molar refractivity (Wildman–Crippen MR) is 121 cm³/mol. The van der Waals surface area contributed by atoms with Gasteiger partial charge in [-0.15, -0.1) is 11.3 Å². The zero-order chi connectivity index (χ0) is 23.3. The van der Waals surface area contributed by atoms with Crippen LogP contribution in [0.15, 0.2) is 58.8 Å². The second-order valence-electron chi connectivity index (χ2n) is 6.85. The zero-order valence-corrected chi connectivity index (χ0v) is 18.8. The maximum absolute atomic E-state index is 12.9. The van der Waals surface area contributed by atoms with Gasteiger partial charge in [-0.2, -0.15) is 5.26 Å². The van der Waals surface area contributed by atoms with Crippen molar-refractivity contribution in [1.29, 1.82) is 5.26 Å². The van der Waals surface area contributed by atoms with Gasteiger partial charge in [0.2, 0.25) is 0 Å². The van der Waals surface area contributed by atoms with Crippen LogP contribution in [-0.2, 0) is 19.6 Å². The molecule has 0 aliphatic heterocycles. The molecule has 1 amide bonds. The van der Waals surface area contributed by atoms with Gasteiger partial charge in [0.15, 0.2) is 6.61 Å². The summed E-state index contributed by atoms with van der Waals surface area (Å²) in [7, 11) is -3.96. The van der Waals surface area contributed by atoms with Gasteiger partial charge in [0.1, 0.15) is 11.1 Å². The molecule has 0 unspecified atom stereocenters. The molecule has 0 aliphatic carbocycles. The van der Waals surface area contributed by atoms with E-state index in [1.165, 1.54) is 29.5 Å². The summed E-state index contributed by atoms with van der Waals surface area (Å²) in [6.45, 7) is 2.87. The number of benzene rings is 2. The Balaban J connectivity index is 1.71. The van der Waals surface area contributed by atoms with E-state index in [1.54, 1.807) is 36.6 Å². The highest BCUT2D eigenvalue weighted by Crippen LogP contribution is 2.23. The maximum atomic E-state index is 12.9. The molecule has 0 bridgehead atoms. The first-order chi connectivity index (χ1) is 15.2. The number of carbonyl (C=O) groups excluding carboxylic acids is 2. The number of sulfonamides is 1. The van der Waals surface area contributed by atoms with Gasteiger partial charge in [0.25, 0.3) is 15.9 Å². The van der Waals surface area contributed by atoms with Crippen LogP contribution in [0.3, 0.4) is 0 Å². The predicted octanol–water partition coefficient (Wildman–Crippen LogP) is 3.83. The Labute approximate surface area is 189 Å². The molecule has 3 rings (SSSR count). The first kappa shape index (κ1) is 23.0. The number of nitrogens with one attached hydrogen (secondary N) is 2. The number of hydrogen-bond donors (Lipinski definition) is 2. The van der Waals surface area contributed by atoms with Gasteiger partial charge in [-0.25, -0.2) is 13.2 Å². The molecule has 1 aromatic heterocycles. The molecule has 0 aliphatic rings. The summed E-state index contributed by atoms with van der Waals surface area (Å²) in [5, 5.41) is 13.5. The molecule has 0 fully saturated rings. The first-order valence-electron chi connectivity index (χ1n) is 9.34. The summed E-state index contributed by atoms with van der Waals surface area (Å²) >= 11 is 1.17. The number of esters is 1. The summed E-state index contributed by atoms with van der Waals surface area (Å²) in [4.78, 5) is 24.4. The van der Waals surface area contributed by atoms with Crippen molar-refractivity contribution in [3.05, 3.63) is 76.2 Å². The van der Waals surface area contributed by atoms with E-state index in [4.69, 9.17) is 10.00 Å². The third-order valence-electron chi connectivity index (χ3n) is 4.36. The number of rotatable bonds is 7. The van der Waals surface area contributed by atoms with Crippen LogP contribution < -0.4 is 10.0 Å². The van der Waals surface area contributed by atoms with Gasteiger partial charge in [-0.1, -0.05) is 18.2 Å². The summed E-state index contributed by atoms with van der Waals surface area (Å²) in [6.07, 6.45) is 0. The van der Waals surface area contributed by atoms with E-state index >= 15 is 0 Å². The van der Waals surface area contributed by atoms with E-state index in [2.05, 4.69) is 10.0 Å². The number of amides is 1. The van der Waals surface area contributed by atoms with Crippen LogP contribution >= 0.6 is 11.3 Å². The average Bonchev–Trinajstić information content (AvgIpc) is 3.19. The Morgan fingerprint density at radius 1 is 1.12 bits per heavy atom. The maximum Gasteiger partial charge on any atom is 0.338 e. The zero-order valence-electron chi connectivity index (χ0n) is 17.2. The van der Waals surface area contributed by atoms with Gasteiger partial charge in [-0.05, 0) is 60.7 Å². The topological polar surface area (TPSA) is 125 Å². The number of carbonyl (C=O) groups is 2. The van der Waals surface area contributed by atoms with Crippen LogP contribution in [0.1, 0.15) is 27.0 Å². The molecule has 0 radical (unpaired) electrons. The highest BCUT2D eigenvalue weighted by atomic mass is 32.2. The SMILES string of the molecule is Cc1cccc(NS(=O)(=O)c2cc(C(=O)OCC(=O)Nc3sccc3C#N)ccc2C)c1. The Hall–Kier alpha value is -3.68. The fourth-order valence-corrected chi connectivity index (χ4v) is 4.88. The van der Waals surface area contributed by atoms with Gasteiger partial charge >= 0.3 is 5.97 Å². The van der Waals surface area contributed by atoms with Gasteiger partial charge in [0, 0.05) is 5.69 Å². The molecule has 0 atom stereocenters. The number of ether oxygens (including phenoxy) is 1. The molecule has 0 spiro atoms. The highest BCUT2D eigenvalue weighted by Gasteiger charge is 2.20. The Kier molecular flexibility index (Phi) is 6.92. The lowest BCUT2D eigenvalue weighted by Gasteiger charge is -2.12. The van der Waals surface area contributed by atoms with E-state index in [0.717, 1.165) is 5.56 Å². The van der Waals surface area contributed by atoms with E-state index in [0.29, 0.717) is 21.8 Å². The summed E-state index contributed by atoms with van der Waals surface area (Å²) in [6, 6.07) is 14.5. The summed E-state index contributed by atoms with van der Waals surface area (Å²) in [5.74, 6) is -1.46. The number of nitrogens with zero attached hydrogens (tertiary/aromatic N) is 1. The molecule has 32 heavy (non-hydrogen) atoms. The molecule has 0 saturated heterocycles. The van der Waals surface area contributed by atoms with Crippen LogP contribution in [0.5, 0.6) is 0 Å². The molecule has 2 aromatic carbocycles. The number of aryl methyl sites for hydroxylation is 2. The van der Waals surface area contributed by atoms with E-state index in [1.807, 2.05) is 19.1 Å². The minimum atomic E-state index is -3.96. The van der Waals surface area contributed by atoms with Crippen LogP contribution in [-0.4, -0.2) is 26.9 Å². The lowest BCUT2D eigenvalue weighted by Crippen LogP contribution is -2.21. The van der Waals surface area contributed by atoms with Crippen molar-refractivity contribution < 1.29 is 22.7 Å². The number of thiophene rings is 1. The smallest absolute Gasteiger partial charge is 0.338 e. The van der Waals surface area contributed by atoms with Crippen molar-refractivity contribution in [2.75, 3.05) is 16.6 Å². The second-order valence-corrected chi connectivity index (χ2v) is 9.42. The van der Waals surface area contributed by atoms with Crippen LogP contribution in [0, 0.1) is 25.2 Å². The number of anilines is 2.